The Morgan fingerprint density at radius 3 is 2.43 bits per heavy atom. The average Bonchev–Trinajstić information content (AvgIpc) is 2.99. The lowest BCUT2D eigenvalue weighted by Gasteiger charge is -2.16. The number of thioether (sulfide) groups is 1. The minimum Gasteiger partial charge on any atom is -0.383 e. The predicted molar refractivity (Wildman–Crippen MR) is 122 cm³/mol. The highest BCUT2D eigenvalue weighted by Crippen LogP contribution is 2.33. The lowest BCUT2D eigenvalue weighted by Crippen LogP contribution is -2.35. The highest BCUT2D eigenvalue weighted by Gasteiger charge is 2.39. The number of hydrogen-bond acceptors (Lipinski definition) is 5. The molecule has 7 heteroatoms. The molecule has 0 saturated carbocycles. The first-order chi connectivity index (χ1) is 14.4. The van der Waals surface area contributed by atoms with E-state index in [2.05, 4.69) is 5.32 Å². The number of nitrogens with one attached hydrogen (secondary N) is 1. The van der Waals surface area contributed by atoms with Gasteiger partial charge in [-0.05, 0) is 44.0 Å². The number of nitrogens with zero attached hydrogens (tertiary/aromatic N) is 2. The van der Waals surface area contributed by atoms with Crippen molar-refractivity contribution in [2.45, 2.75) is 32.4 Å². The van der Waals surface area contributed by atoms with Gasteiger partial charge in [-0.25, -0.2) is 4.99 Å². The molecule has 0 bridgehead atoms. The van der Waals surface area contributed by atoms with Crippen LogP contribution in [0, 0.1) is 20.8 Å². The van der Waals surface area contributed by atoms with Crippen LogP contribution in [0.2, 0.25) is 0 Å². The van der Waals surface area contributed by atoms with Gasteiger partial charge in [-0.15, -0.1) is 0 Å². The molecule has 158 valence electrons. The molecule has 2 aromatic carbocycles. The molecule has 1 N–H and O–H groups in total. The van der Waals surface area contributed by atoms with Crippen molar-refractivity contribution in [1.29, 1.82) is 0 Å². The fourth-order valence-electron chi connectivity index (χ4n) is 3.21. The molecule has 6 nitrogen and oxygen atoms in total. The molecule has 1 fully saturated rings. The summed E-state index contributed by atoms with van der Waals surface area (Å²) in [4.78, 5) is 32.0. The molecule has 2 amide bonds. The van der Waals surface area contributed by atoms with Gasteiger partial charge in [-0.2, -0.15) is 0 Å². The van der Waals surface area contributed by atoms with Gasteiger partial charge in [-0.1, -0.05) is 47.7 Å². The van der Waals surface area contributed by atoms with Crippen molar-refractivity contribution in [2.75, 3.05) is 25.6 Å². The summed E-state index contributed by atoms with van der Waals surface area (Å²) in [6.45, 7) is 6.80. The van der Waals surface area contributed by atoms with Crippen LogP contribution in [0.4, 0.5) is 11.4 Å². The maximum atomic E-state index is 13.0. The first kappa shape index (κ1) is 22.1. The zero-order valence-corrected chi connectivity index (χ0v) is 18.6. The van der Waals surface area contributed by atoms with Crippen molar-refractivity contribution in [3.05, 3.63) is 59.2 Å². The van der Waals surface area contributed by atoms with Crippen molar-refractivity contribution in [1.82, 2.24) is 4.90 Å². The fourth-order valence-corrected chi connectivity index (χ4v) is 4.38. The maximum Gasteiger partial charge on any atom is 0.242 e. The van der Waals surface area contributed by atoms with E-state index in [4.69, 9.17) is 9.73 Å². The largest absolute Gasteiger partial charge is 0.383 e. The van der Waals surface area contributed by atoms with E-state index in [0.29, 0.717) is 18.3 Å². The molecule has 1 saturated heterocycles. The minimum atomic E-state index is -0.504. The van der Waals surface area contributed by atoms with Gasteiger partial charge >= 0.3 is 0 Å². The van der Waals surface area contributed by atoms with Crippen LogP contribution in [0.1, 0.15) is 23.1 Å². The first-order valence-electron chi connectivity index (χ1n) is 9.87. The quantitative estimate of drug-likeness (QED) is 0.721. The van der Waals surface area contributed by atoms with Crippen LogP contribution in [-0.2, 0) is 14.3 Å². The van der Waals surface area contributed by atoms with Gasteiger partial charge in [0.25, 0.3) is 0 Å². The molecule has 1 aliphatic rings. The van der Waals surface area contributed by atoms with Gasteiger partial charge in [0.05, 0.1) is 18.8 Å². The van der Waals surface area contributed by atoms with Crippen molar-refractivity contribution in [3.8, 4) is 0 Å². The van der Waals surface area contributed by atoms with E-state index in [1.807, 2.05) is 63.2 Å². The number of amidine groups is 1. The van der Waals surface area contributed by atoms with Crippen molar-refractivity contribution < 1.29 is 14.3 Å². The highest BCUT2D eigenvalue weighted by atomic mass is 32.2. The molecule has 0 spiro atoms. The first-order valence-corrected chi connectivity index (χ1v) is 10.8. The smallest absolute Gasteiger partial charge is 0.242 e. The number of rotatable bonds is 7. The summed E-state index contributed by atoms with van der Waals surface area (Å²) in [5.74, 6) is -0.300. The zero-order valence-electron chi connectivity index (χ0n) is 17.8. The lowest BCUT2D eigenvalue weighted by atomic mass is 10.1. The normalized spacial score (nSPS) is 17.6. The van der Waals surface area contributed by atoms with Crippen LogP contribution < -0.4 is 5.32 Å². The van der Waals surface area contributed by atoms with Gasteiger partial charge in [0, 0.05) is 19.2 Å². The molecule has 0 aromatic heterocycles. The molecule has 1 atom stereocenters. The molecule has 1 unspecified atom stereocenters. The number of amides is 2. The van der Waals surface area contributed by atoms with E-state index in [-0.39, 0.29) is 18.2 Å². The van der Waals surface area contributed by atoms with E-state index in [9.17, 15) is 9.59 Å². The topological polar surface area (TPSA) is 71.0 Å². The van der Waals surface area contributed by atoms with Crippen LogP contribution >= 0.6 is 11.8 Å². The number of hydrogen-bond donors (Lipinski definition) is 1. The molecule has 30 heavy (non-hydrogen) atoms. The Hall–Kier alpha value is -2.64. The number of carbonyl (C=O) groups excluding carboxylic acids is 2. The number of aryl methyl sites for hydroxylation is 3. The average molecular weight is 426 g/mol. The van der Waals surface area contributed by atoms with Crippen LogP contribution in [-0.4, -0.2) is 47.4 Å². The van der Waals surface area contributed by atoms with Crippen molar-refractivity contribution in [3.63, 3.8) is 0 Å². The Labute approximate surface area is 181 Å². The Kier molecular flexibility index (Phi) is 7.29. The number of methoxy groups -OCH3 is 1. The fraction of sp³-hybridized carbons (Fsp3) is 0.348. The van der Waals surface area contributed by atoms with Crippen LogP contribution in [0.25, 0.3) is 0 Å². The second-order valence-corrected chi connectivity index (χ2v) is 8.51. The Balaban J connectivity index is 1.77. The third-order valence-corrected chi connectivity index (χ3v) is 6.07. The highest BCUT2D eigenvalue weighted by molar-refractivity contribution is 8.15. The molecule has 3 rings (SSSR count). The second kappa shape index (κ2) is 9.91. The molecule has 0 radical (unpaired) electrons. The summed E-state index contributed by atoms with van der Waals surface area (Å²) in [6, 6.07) is 13.6. The minimum absolute atomic E-state index is 0.0899. The predicted octanol–water partition coefficient (Wildman–Crippen LogP) is 4.22. The lowest BCUT2D eigenvalue weighted by molar-refractivity contribution is -0.128. The van der Waals surface area contributed by atoms with E-state index < -0.39 is 5.25 Å². The van der Waals surface area contributed by atoms with E-state index in [1.54, 1.807) is 12.0 Å². The number of ether oxygens (including phenoxy) is 1. The molecule has 1 aliphatic heterocycles. The summed E-state index contributed by atoms with van der Waals surface area (Å²) in [7, 11) is 1.60. The summed E-state index contributed by atoms with van der Waals surface area (Å²) in [5, 5.41) is 2.98. The number of aliphatic imine (C=N–C) groups is 1. The summed E-state index contributed by atoms with van der Waals surface area (Å²) < 4.78 is 5.17. The van der Waals surface area contributed by atoms with Gasteiger partial charge < -0.3 is 10.1 Å². The number of para-hydroxylation sites is 1. The Morgan fingerprint density at radius 1 is 1.13 bits per heavy atom. The van der Waals surface area contributed by atoms with E-state index in [1.165, 1.54) is 11.8 Å². The zero-order chi connectivity index (χ0) is 21.7. The van der Waals surface area contributed by atoms with Gasteiger partial charge in [0.2, 0.25) is 11.8 Å². The molecule has 2 aromatic rings. The molecular weight excluding hydrogens is 398 g/mol. The van der Waals surface area contributed by atoms with Crippen LogP contribution in [0.15, 0.2) is 47.5 Å². The summed E-state index contributed by atoms with van der Waals surface area (Å²) >= 11 is 1.34. The number of anilines is 1. The standard InChI is InChI=1S/C23H27N3O3S/c1-15-8-10-18(11-9-15)24-20(27)14-19-22(28)26(12-13-29-4)23(30-19)25-21-16(2)6-5-7-17(21)3/h5-11,19H,12-14H2,1-4H3,(H,24,27). The monoisotopic (exact) mass is 425 g/mol. The van der Waals surface area contributed by atoms with Crippen molar-refractivity contribution >= 4 is 40.1 Å². The maximum absolute atomic E-state index is 13.0. The van der Waals surface area contributed by atoms with Crippen molar-refractivity contribution in [2.24, 2.45) is 4.99 Å². The second-order valence-electron chi connectivity index (χ2n) is 7.34. The van der Waals surface area contributed by atoms with E-state index >= 15 is 0 Å². The summed E-state index contributed by atoms with van der Waals surface area (Å²) in [6.07, 6.45) is 0.0899. The Bertz CT molecular complexity index is 936. The number of benzene rings is 2. The van der Waals surface area contributed by atoms with Gasteiger partial charge in [0.15, 0.2) is 5.17 Å². The number of carbonyl (C=O) groups is 2. The van der Waals surface area contributed by atoms with Crippen LogP contribution in [0.5, 0.6) is 0 Å². The molecular formula is C23H27N3O3S. The van der Waals surface area contributed by atoms with Crippen LogP contribution in [0.3, 0.4) is 0 Å². The van der Waals surface area contributed by atoms with Gasteiger partial charge in [-0.3, -0.25) is 14.5 Å². The van der Waals surface area contributed by atoms with Gasteiger partial charge in [0.1, 0.15) is 5.25 Å². The third-order valence-electron chi connectivity index (χ3n) is 4.89. The van der Waals surface area contributed by atoms with E-state index in [0.717, 1.165) is 28.1 Å². The third kappa shape index (κ3) is 5.29. The Morgan fingerprint density at radius 2 is 1.80 bits per heavy atom. The summed E-state index contributed by atoms with van der Waals surface area (Å²) in [5.41, 5.74) is 4.79. The molecule has 1 heterocycles. The molecule has 0 aliphatic carbocycles. The SMILES string of the molecule is COCCN1C(=O)C(CC(=O)Nc2ccc(C)cc2)SC1=Nc1c(C)cccc1C.